The van der Waals surface area contributed by atoms with Crippen LogP contribution in [0, 0.1) is 0 Å². The third-order valence-electron chi connectivity index (χ3n) is 3.68. The fraction of sp³-hybridized carbons (Fsp3) is 0.471. The normalized spacial score (nSPS) is 12.7. The van der Waals surface area contributed by atoms with Gasteiger partial charge in [0.05, 0.1) is 12.8 Å². The molecule has 1 atom stereocenters. The van der Waals surface area contributed by atoms with Gasteiger partial charge in [0.2, 0.25) is 0 Å². The van der Waals surface area contributed by atoms with E-state index in [9.17, 15) is 0 Å². The van der Waals surface area contributed by atoms with Crippen LogP contribution >= 0.6 is 0 Å². The molecule has 0 fully saturated rings. The number of aromatic nitrogens is 2. The molecule has 2 rings (SSSR count). The molecular weight excluding hydrogens is 262 g/mol. The molecule has 0 aliphatic carbocycles. The van der Waals surface area contributed by atoms with Crippen molar-refractivity contribution in [2.75, 3.05) is 7.11 Å². The molecule has 0 aliphatic rings. The molecule has 1 N–H and O–H groups in total. The number of hydrogen-bond acceptors (Lipinski definition) is 3. The van der Waals surface area contributed by atoms with Crippen LogP contribution in [0.1, 0.15) is 49.6 Å². The zero-order valence-corrected chi connectivity index (χ0v) is 13.6. The summed E-state index contributed by atoms with van der Waals surface area (Å²) in [7, 11) is 3.67. The molecular formula is C17H25N3O. The highest BCUT2D eigenvalue weighted by Gasteiger charge is 2.13. The van der Waals surface area contributed by atoms with Crippen molar-refractivity contribution in [1.29, 1.82) is 0 Å². The number of methoxy groups -OCH3 is 1. The molecule has 4 heteroatoms. The van der Waals surface area contributed by atoms with Gasteiger partial charge in [-0.15, -0.1) is 0 Å². The van der Waals surface area contributed by atoms with Crippen molar-refractivity contribution in [2.45, 2.75) is 39.3 Å². The van der Waals surface area contributed by atoms with Gasteiger partial charge in [0.25, 0.3) is 0 Å². The Kier molecular flexibility index (Phi) is 5.02. The van der Waals surface area contributed by atoms with Gasteiger partial charge in [-0.1, -0.05) is 26.0 Å². The molecule has 0 spiro atoms. The minimum absolute atomic E-state index is 0.264. The van der Waals surface area contributed by atoms with Crippen LogP contribution in [-0.4, -0.2) is 16.9 Å². The van der Waals surface area contributed by atoms with Crippen molar-refractivity contribution < 1.29 is 4.74 Å². The summed E-state index contributed by atoms with van der Waals surface area (Å²) in [6.07, 6.45) is 2.10. The smallest absolute Gasteiger partial charge is 0.119 e. The highest BCUT2D eigenvalue weighted by molar-refractivity contribution is 5.30. The van der Waals surface area contributed by atoms with E-state index in [4.69, 9.17) is 4.74 Å². The van der Waals surface area contributed by atoms with Gasteiger partial charge in [-0.3, -0.25) is 4.68 Å². The number of hydrogen-bond donors (Lipinski definition) is 1. The standard InChI is InChI=1S/C17H25N3O/c1-12(2)17-15(11-20(4)19-17)10-18-13(3)14-7-6-8-16(9-14)21-5/h6-9,11-13,18H,10H2,1-5H3/t13-/m1/s1. The zero-order chi connectivity index (χ0) is 15.4. The molecule has 0 aliphatic heterocycles. The van der Waals surface area contributed by atoms with Gasteiger partial charge >= 0.3 is 0 Å². The van der Waals surface area contributed by atoms with Crippen LogP contribution in [0.3, 0.4) is 0 Å². The molecule has 4 nitrogen and oxygen atoms in total. The molecule has 0 radical (unpaired) electrons. The Morgan fingerprint density at radius 2 is 2.05 bits per heavy atom. The summed E-state index contributed by atoms with van der Waals surface area (Å²) in [6, 6.07) is 8.45. The second-order valence-electron chi connectivity index (χ2n) is 5.75. The first-order chi connectivity index (χ1) is 10.0. The maximum absolute atomic E-state index is 5.28. The summed E-state index contributed by atoms with van der Waals surface area (Å²) in [5.74, 6) is 1.33. The van der Waals surface area contributed by atoms with E-state index in [0.717, 1.165) is 12.3 Å². The van der Waals surface area contributed by atoms with Gasteiger partial charge < -0.3 is 10.1 Å². The summed E-state index contributed by atoms with van der Waals surface area (Å²) in [6.45, 7) is 7.34. The number of rotatable bonds is 6. The summed E-state index contributed by atoms with van der Waals surface area (Å²) < 4.78 is 7.17. The molecule has 0 amide bonds. The van der Waals surface area contributed by atoms with Crippen LogP contribution in [0.5, 0.6) is 5.75 Å². The Hall–Kier alpha value is -1.81. The molecule has 1 aromatic heterocycles. The van der Waals surface area contributed by atoms with Crippen LogP contribution in [0.2, 0.25) is 0 Å². The minimum atomic E-state index is 0.264. The van der Waals surface area contributed by atoms with Crippen LogP contribution < -0.4 is 10.1 Å². The molecule has 0 saturated heterocycles. The second-order valence-corrected chi connectivity index (χ2v) is 5.75. The highest BCUT2D eigenvalue weighted by Crippen LogP contribution is 2.21. The fourth-order valence-electron chi connectivity index (χ4n) is 2.47. The monoisotopic (exact) mass is 287 g/mol. The second kappa shape index (κ2) is 6.76. The van der Waals surface area contributed by atoms with Gasteiger partial charge in [0, 0.05) is 31.4 Å². The van der Waals surface area contributed by atoms with E-state index in [1.807, 2.05) is 23.9 Å². The average Bonchev–Trinajstić information content (AvgIpc) is 2.86. The lowest BCUT2D eigenvalue weighted by atomic mass is 10.0. The number of nitrogens with zero attached hydrogens (tertiary/aromatic N) is 2. The third-order valence-corrected chi connectivity index (χ3v) is 3.68. The van der Waals surface area contributed by atoms with Crippen molar-refractivity contribution in [2.24, 2.45) is 7.05 Å². The van der Waals surface area contributed by atoms with Crippen LogP contribution in [0.25, 0.3) is 0 Å². The van der Waals surface area contributed by atoms with Crippen molar-refractivity contribution in [3.8, 4) is 5.75 Å². The van der Waals surface area contributed by atoms with Crippen molar-refractivity contribution in [3.05, 3.63) is 47.3 Å². The lowest BCUT2D eigenvalue weighted by molar-refractivity contribution is 0.413. The molecule has 0 bridgehead atoms. The third kappa shape index (κ3) is 3.85. The predicted molar refractivity (Wildman–Crippen MR) is 85.5 cm³/mol. The van der Waals surface area contributed by atoms with E-state index in [1.165, 1.54) is 16.8 Å². The molecule has 21 heavy (non-hydrogen) atoms. The Morgan fingerprint density at radius 1 is 1.29 bits per heavy atom. The van der Waals surface area contributed by atoms with E-state index < -0.39 is 0 Å². The van der Waals surface area contributed by atoms with Crippen molar-refractivity contribution >= 4 is 0 Å². The average molecular weight is 287 g/mol. The Balaban J connectivity index is 2.05. The summed E-state index contributed by atoms with van der Waals surface area (Å²) >= 11 is 0. The Labute approximate surface area is 127 Å². The largest absolute Gasteiger partial charge is 0.497 e. The maximum Gasteiger partial charge on any atom is 0.119 e. The lowest BCUT2D eigenvalue weighted by Crippen LogP contribution is -2.18. The number of benzene rings is 1. The van der Waals surface area contributed by atoms with E-state index in [2.05, 4.69) is 49.5 Å². The quantitative estimate of drug-likeness (QED) is 0.885. The Morgan fingerprint density at radius 3 is 2.71 bits per heavy atom. The molecule has 114 valence electrons. The van der Waals surface area contributed by atoms with E-state index >= 15 is 0 Å². The number of aryl methyl sites for hydroxylation is 1. The van der Waals surface area contributed by atoms with Gasteiger partial charge in [-0.25, -0.2) is 0 Å². The van der Waals surface area contributed by atoms with Crippen LogP contribution in [0.4, 0.5) is 0 Å². The van der Waals surface area contributed by atoms with Crippen molar-refractivity contribution in [1.82, 2.24) is 15.1 Å². The van der Waals surface area contributed by atoms with Crippen molar-refractivity contribution in [3.63, 3.8) is 0 Å². The maximum atomic E-state index is 5.28. The van der Waals surface area contributed by atoms with Gasteiger partial charge in [0.15, 0.2) is 0 Å². The van der Waals surface area contributed by atoms with Gasteiger partial charge in [0.1, 0.15) is 5.75 Å². The molecule has 2 aromatic rings. The SMILES string of the molecule is COc1cccc([C@@H](C)NCc2cn(C)nc2C(C)C)c1. The molecule has 0 unspecified atom stereocenters. The summed E-state index contributed by atoms with van der Waals surface area (Å²) in [4.78, 5) is 0. The first kappa shape index (κ1) is 15.6. The van der Waals surface area contributed by atoms with E-state index in [1.54, 1.807) is 7.11 Å². The molecule has 0 saturated carbocycles. The predicted octanol–water partition coefficient (Wildman–Crippen LogP) is 3.40. The number of nitrogens with one attached hydrogen (secondary N) is 1. The molecule has 1 aromatic carbocycles. The zero-order valence-electron chi connectivity index (χ0n) is 13.6. The van der Waals surface area contributed by atoms with Crippen LogP contribution in [-0.2, 0) is 13.6 Å². The van der Waals surface area contributed by atoms with E-state index in [-0.39, 0.29) is 6.04 Å². The molecule has 1 heterocycles. The highest BCUT2D eigenvalue weighted by atomic mass is 16.5. The fourth-order valence-corrected chi connectivity index (χ4v) is 2.47. The first-order valence-electron chi connectivity index (χ1n) is 7.41. The summed E-state index contributed by atoms with van der Waals surface area (Å²) in [5, 5.41) is 8.11. The number of ether oxygens (including phenoxy) is 1. The lowest BCUT2D eigenvalue weighted by Gasteiger charge is -2.15. The van der Waals surface area contributed by atoms with Gasteiger partial charge in [-0.2, -0.15) is 5.10 Å². The van der Waals surface area contributed by atoms with E-state index in [0.29, 0.717) is 5.92 Å². The first-order valence-corrected chi connectivity index (χ1v) is 7.41. The topological polar surface area (TPSA) is 39.1 Å². The summed E-state index contributed by atoms with van der Waals surface area (Å²) in [5.41, 5.74) is 3.66. The Bertz CT molecular complexity index is 589. The van der Waals surface area contributed by atoms with Gasteiger partial charge in [-0.05, 0) is 30.5 Å². The minimum Gasteiger partial charge on any atom is -0.497 e. The van der Waals surface area contributed by atoms with Crippen LogP contribution in [0.15, 0.2) is 30.5 Å².